The van der Waals surface area contributed by atoms with Crippen LogP contribution in [0.1, 0.15) is 18.1 Å². The van der Waals surface area contributed by atoms with Crippen molar-refractivity contribution < 1.29 is 18.7 Å². The molecule has 1 aromatic heterocycles. The van der Waals surface area contributed by atoms with E-state index in [9.17, 15) is 9.59 Å². The molecule has 1 atom stereocenters. The number of H-pyrrole nitrogens is 1. The van der Waals surface area contributed by atoms with E-state index in [1.54, 1.807) is 38.3 Å². The number of methoxy groups -OCH3 is 1. The molecule has 0 fully saturated rings. The van der Waals surface area contributed by atoms with Gasteiger partial charge in [0.2, 0.25) is 11.6 Å². The Morgan fingerprint density at radius 1 is 1.18 bits per heavy atom. The van der Waals surface area contributed by atoms with Gasteiger partial charge in [0.15, 0.2) is 0 Å². The standard InChI is InChI=1S/C20H21N3O4S/c1-12-6-5-7-13(2)17(12)21-18(24)14(3)28-19-20(25)27-22-23(19)15-8-10-16(26-4)11-9-15/h5-11,14H,1-4H3,(H-,21,22,24,25)/p+1. The number of hydrogen-bond acceptors (Lipinski definition) is 5. The third-order valence-electron chi connectivity index (χ3n) is 4.32. The Balaban J connectivity index is 1.80. The Bertz CT molecular complexity index is 1020. The van der Waals surface area contributed by atoms with Crippen molar-refractivity contribution in [3.8, 4) is 11.4 Å². The second-order valence-electron chi connectivity index (χ2n) is 6.34. The number of carbonyl (C=O) groups is 1. The summed E-state index contributed by atoms with van der Waals surface area (Å²) in [6.45, 7) is 5.64. The predicted molar refractivity (Wildman–Crippen MR) is 107 cm³/mol. The molecule has 1 heterocycles. The van der Waals surface area contributed by atoms with Gasteiger partial charge in [-0.2, -0.15) is 0 Å². The number of nitrogens with zero attached hydrogens (tertiary/aromatic N) is 1. The van der Waals surface area contributed by atoms with Gasteiger partial charge in [-0.25, -0.2) is 4.79 Å². The van der Waals surface area contributed by atoms with Crippen LogP contribution in [-0.2, 0) is 4.79 Å². The summed E-state index contributed by atoms with van der Waals surface area (Å²) >= 11 is 1.13. The smallest absolute Gasteiger partial charge is 0.442 e. The van der Waals surface area contributed by atoms with Crippen LogP contribution in [0.25, 0.3) is 5.69 Å². The Morgan fingerprint density at radius 2 is 1.82 bits per heavy atom. The van der Waals surface area contributed by atoms with E-state index in [4.69, 9.17) is 9.26 Å². The quantitative estimate of drug-likeness (QED) is 0.491. The van der Waals surface area contributed by atoms with Crippen LogP contribution in [-0.4, -0.2) is 23.5 Å². The van der Waals surface area contributed by atoms with Crippen molar-refractivity contribution in [3.63, 3.8) is 0 Å². The molecule has 0 saturated carbocycles. The van der Waals surface area contributed by atoms with Gasteiger partial charge in [-0.05, 0) is 65.7 Å². The Hall–Kier alpha value is -3.00. The molecule has 0 aliphatic heterocycles. The first-order valence-electron chi connectivity index (χ1n) is 8.72. The minimum absolute atomic E-state index is 0.190. The van der Waals surface area contributed by atoms with E-state index >= 15 is 0 Å². The van der Waals surface area contributed by atoms with Crippen molar-refractivity contribution >= 4 is 23.4 Å². The molecule has 1 amide bonds. The molecule has 0 bridgehead atoms. The number of anilines is 1. The maximum Gasteiger partial charge on any atom is 0.442 e. The van der Waals surface area contributed by atoms with E-state index in [1.807, 2.05) is 32.0 Å². The summed E-state index contributed by atoms with van der Waals surface area (Å²) < 4.78 is 11.6. The van der Waals surface area contributed by atoms with Crippen molar-refractivity contribution in [2.24, 2.45) is 0 Å². The van der Waals surface area contributed by atoms with Crippen molar-refractivity contribution in [1.29, 1.82) is 0 Å². The molecule has 28 heavy (non-hydrogen) atoms. The summed E-state index contributed by atoms with van der Waals surface area (Å²) in [5, 5.41) is 5.31. The molecule has 146 valence electrons. The van der Waals surface area contributed by atoms with E-state index in [0.717, 1.165) is 28.6 Å². The van der Waals surface area contributed by atoms with Crippen molar-refractivity contribution in [2.45, 2.75) is 31.0 Å². The minimum Gasteiger partial charge on any atom is -0.497 e. The number of amides is 1. The average Bonchev–Trinajstić information content (AvgIpc) is 3.05. The summed E-state index contributed by atoms with van der Waals surface area (Å²) in [5.74, 6) is 0.509. The van der Waals surface area contributed by atoms with Crippen LogP contribution in [0.15, 0.2) is 56.8 Å². The number of nitrogens with one attached hydrogen (secondary N) is 2. The van der Waals surface area contributed by atoms with E-state index < -0.39 is 10.9 Å². The fraction of sp³-hybridized carbons (Fsp3) is 0.250. The van der Waals surface area contributed by atoms with Gasteiger partial charge in [-0.1, -0.05) is 18.2 Å². The van der Waals surface area contributed by atoms with Gasteiger partial charge in [0.05, 0.1) is 12.4 Å². The van der Waals surface area contributed by atoms with E-state index in [1.165, 1.54) is 4.68 Å². The van der Waals surface area contributed by atoms with Crippen LogP contribution < -0.4 is 20.4 Å². The molecule has 8 heteroatoms. The number of aromatic amines is 1. The van der Waals surface area contributed by atoms with Gasteiger partial charge in [0.25, 0.3) is 0 Å². The van der Waals surface area contributed by atoms with Crippen LogP contribution in [0, 0.1) is 13.8 Å². The lowest BCUT2D eigenvalue weighted by atomic mass is 10.1. The molecule has 0 saturated heterocycles. The molecule has 0 spiro atoms. The number of benzene rings is 2. The molecular formula is C20H22N3O4S+. The number of aryl methyl sites for hydroxylation is 2. The van der Waals surface area contributed by atoms with Gasteiger partial charge >= 0.3 is 10.7 Å². The fourth-order valence-corrected chi connectivity index (χ4v) is 3.61. The topological polar surface area (TPSA) is 88.2 Å². The first-order valence-corrected chi connectivity index (χ1v) is 9.60. The lowest BCUT2D eigenvalue weighted by molar-refractivity contribution is -0.704. The molecule has 2 N–H and O–H groups in total. The molecule has 3 aromatic rings. The Labute approximate surface area is 166 Å². The summed E-state index contributed by atoms with van der Waals surface area (Å²) in [7, 11) is 1.58. The van der Waals surface area contributed by atoms with Gasteiger partial charge in [-0.15, -0.1) is 0 Å². The highest BCUT2D eigenvalue weighted by Gasteiger charge is 2.29. The molecule has 0 radical (unpaired) electrons. The summed E-state index contributed by atoms with van der Waals surface area (Å²) in [4.78, 5) is 24.9. The number of carbonyl (C=O) groups excluding carboxylic acids is 1. The SMILES string of the molecule is COc1ccc(-[n+]2[nH]oc(=O)c2SC(C)C(=O)Nc2c(C)cccc2C)cc1. The second-order valence-corrected chi connectivity index (χ2v) is 7.67. The van der Waals surface area contributed by atoms with Gasteiger partial charge in [-0.3, -0.25) is 9.32 Å². The van der Waals surface area contributed by atoms with Gasteiger partial charge in [0.1, 0.15) is 5.75 Å². The molecular weight excluding hydrogens is 378 g/mol. The first kappa shape index (κ1) is 19.8. The zero-order valence-electron chi connectivity index (χ0n) is 16.1. The largest absolute Gasteiger partial charge is 0.497 e. The monoisotopic (exact) mass is 400 g/mol. The maximum atomic E-state index is 12.7. The molecule has 0 aliphatic carbocycles. The first-order chi connectivity index (χ1) is 13.4. The number of aromatic nitrogens is 2. The highest BCUT2D eigenvalue weighted by atomic mass is 32.2. The van der Waals surface area contributed by atoms with E-state index in [2.05, 4.69) is 10.6 Å². The summed E-state index contributed by atoms with van der Waals surface area (Å²) in [6, 6.07) is 13.0. The van der Waals surface area contributed by atoms with E-state index in [0.29, 0.717) is 11.4 Å². The third-order valence-corrected chi connectivity index (χ3v) is 5.47. The number of rotatable bonds is 6. The lowest BCUT2D eigenvalue weighted by Crippen LogP contribution is -2.37. The van der Waals surface area contributed by atoms with Gasteiger partial charge < -0.3 is 10.1 Å². The van der Waals surface area contributed by atoms with Crippen LogP contribution in [0.3, 0.4) is 0 Å². The minimum atomic E-state index is -0.535. The zero-order valence-corrected chi connectivity index (χ0v) is 16.9. The van der Waals surface area contributed by atoms with Crippen molar-refractivity contribution in [2.75, 3.05) is 12.4 Å². The van der Waals surface area contributed by atoms with Crippen LogP contribution in [0.4, 0.5) is 5.69 Å². The number of hydrogen-bond donors (Lipinski definition) is 2. The predicted octanol–water partition coefficient (Wildman–Crippen LogP) is 2.99. The molecule has 0 aliphatic rings. The zero-order chi connectivity index (χ0) is 20.3. The number of ether oxygens (including phenoxy) is 1. The van der Waals surface area contributed by atoms with E-state index in [-0.39, 0.29) is 10.9 Å². The van der Waals surface area contributed by atoms with Crippen LogP contribution in [0.2, 0.25) is 0 Å². The Kier molecular flexibility index (Phi) is 5.89. The molecule has 2 aromatic carbocycles. The fourth-order valence-electron chi connectivity index (χ4n) is 2.72. The second kappa shape index (κ2) is 8.35. The normalized spacial score (nSPS) is 11.9. The number of thioether (sulfide) groups is 1. The highest BCUT2D eigenvalue weighted by molar-refractivity contribution is 8.00. The Morgan fingerprint density at radius 3 is 2.43 bits per heavy atom. The van der Waals surface area contributed by atoms with Crippen molar-refractivity contribution in [1.82, 2.24) is 5.27 Å². The van der Waals surface area contributed by atoms with Crippen LogP contribution >= 0.6 is 11.8 Å². The molecule has 3 rings (SSSR count). The van der Waals surface area contributed by atoms with Crippen LogP contribution in [0.5, 0.6) is 5.75 Å². The lowest BCUT2D eigenvalue weighted by Gasteiger charge is -2.13. The number of para-hydroxylation sites is 1. The van der Waals surface area contributed by atoms with Gasteiger partial charge in [0, 0.05) is 17.8 Å². The average molecular weight is 400 g/mol. The summed E-state index contributed by atoms with van der Waals surface area (Å²) in [6.07, 6.45) is 0. The summed E-state index contributed by atoms with van der Waals surface area (Å²) in [5.41, 5.74) is 2.92. The molecule has 1 unspecified atom stereocenters. The maximum absolute atomic E-state index is 12.7. The third kappa shape index (κ3) is 4.12. The molecule has 7 nitrogen and oxygen atoms in total. The van der Waals surface area contributed by atoms with Crippen molar-refractivity contribution in [3.05, 3.63) is 64.0 Å². The highest BCUT2D eigenvalue weighted by Crippen LogP contribution is 2.23.